The van der Waals surface area contributed by atoms with Crippen LogP contribution in [0, 0.1) is 0 Å². The fourth-order valence-corrected chi connectivity index (χ4v) is 2.67. The van der Waals surface area contributed by atoms with Gasteiger partial charge >= 0.3 is 0 Å². The first kappa shape index (κ1) is 14.6. The minimum absolute atomic E-state index is 0.230. The smallest absolute Gasteiger partial charge is 0.244 e. The van der Waals surface area contributed by atoms with Crippen LogP contribution in [0.3, 0.4) is 0 Å². The zero-order valence-electron chi connectivity index (χ0n) is 12.3. The first-order chi connectivity index (χ1) is 10.7. The van der Waals surface area contributed by atoms with Crippen molar-refractivity contribution in [2.75, 3.05) is 11.9 Å². The standard InChI is InChI=1S/C16H20N4O2/c17-16(21)15(12-5-2-1-3-6-12)19-13-9-18-20(10-13)11-14-7-4-8-22-14/h1-3,5-6,9-10,14-15,19H,4,7-8,11H2,(H2,17,21)/t14-,15-/m1/s1. The van der Waals surface area contributed by atoms with E-state index < -0.39 is 11.9 Å². The average molecular weight is 300 g/mol. The predicted molar refractivity (Wildman–Crippen MR) is 83.2 cm³/mol. The summed E-state index contributed by atoms with van der Waals surface area (Å²) in [4.78, 5) is 11.7. The Balaban J connectivity index is 1.68. The summed E-state index contributed by atoms with van der Waals surface area (Å²) in [5.41, 5.74) is 7.11. The summed E-state index contributed by atoms with van der Waals surface area (Å²) in [6, 6.07) is 8.85. The molecule has 6 heteroatoms. The summed E-state index contributed by atoms with van der Waals surface area (Å²) < 4.78 is 7.43. The Kier molecular flexibility index (Phi) is 4.39. The molecule has 0 spiro atoms. The van der Waals surface area contributed by atoms with Crippen molar-refractivity contribution in [2.45, 2.75) is 31.5 Å². The van der Waals surface area contributed by atoms with Gasteiger partial charge in [-0.25, -0.2) is 0 Å². The van der Waals surface area contributed by atoms with Crippen LogP contribution in [0.4, 0.5) is 5.69 Å². The number of aromatic nitrogens is 2. The molecule has 1 aromatic carbocycles. The lowest BCUT2D eigenvalue weighted by molar-refractivity contribution is -0.118. The second-order valence-corrected chi connectivity index (χ2v) is 5.48. The van der Waals surface area contributed by atoms with Crippen LogP contribution in [0.5, 0.6) is 0 Å². The number of rotatable bonds is 6. The molecule has 1 aliphatic heterocycles. The van der Waals surface area contributed by atoms with Crippen LogP contribution in [-0.4, -0.2) is 28.4 Å². The van der Waals surface area contributed by atoms with Crippen molar-refractivity contribution in [1.29, 1.82) is 0 Å². The van der Waals surface area contributed by atoms with Crippen molar-refractivity contribution in [3.63, 3.8) is 0 Å². The van der Waals surface area contributed by atoms with Gasteiger partial charge in [-0.1, -0.05) is 30.3 Å². The number of ether oxygens (including phenoxy) is 1. The van der Waals surface area contributed by atoms with E-state index in [1.54, 1.807) is 6.20 Å². The summed E-state index contributed by atoms with van der Waals surface area (Å²) >= 11 is 0. The second-order valence-electron chi connectivity index (χ2n) is 5.48. The van der Waals surface area contributed by atoms with Gasteiger partial charge in [-0.15, -0.1) is 0 Å². The summed E-state index contributed by atoms with van der Waals surface area (Å²) in [6.45, 7) is 1.56. The number of hydrogen-bond donors (Lipinski definition) is 2. The number of benzene rings is 1. The van der Waals surface area contributed by atoms with Crippen LogP contribution in [0.25, 0.3) is 0 Å². The monoisotopic (exact) mass is 300 g/mol. The SMILES string of the molecule is NC(=O)[C@H](Nc1cnn(C[C@H]2CCCO2)c1)c1ccccc1. The normalized spacial score (nSPS) is 19.0. The Labute approximate surface area is 129 Å². The van der Waals surface area contributed by atoms with Crippen LogP contribution in [0.1, 0.15) is 24.4 Å². The molecule has 3 N–H and O–H groups in total. The molecule has 0 aliphatic carbocycles. The molecule has 0 bridgehead atoms. The number of nitrogens with zero attached hydrogens (tertiary/aromatic N) is 2. The maximum Gasteiger partial charge on any atom is 0.244 e. The first-order valence-corrected chi connectivity index (χ1v) is 7.47. The van der Waals surface area contributed by atoms with E-state index in [-0.39, 0.29) is 6.10 Å². The van der Waals surface area contributed by atoms with Gasteiger partial charge in [0, 0.05) is 12.8 Å². The molecule has 1 amide bonds. The molecule has 0 unspecified atom stereocenters. The molecular weight excluding hydrogens is 280 g/mol. The molecule has 2 atom stereocenters. The topological polar surface area (TPSA) is 82.2 Å². The number of primary amides is 1. The highest BCUT2D eigenvalue weighted by Gasteiger charge is 2.19. The fourth-order valence-electron chi connectivity index (χ4n) is 2.67. The first-order valence-electron chi connectivity index (χ1n) is 7.47. The van der Waals surface area contributed by atoms with Crippen LogP contribution < -0.4 is 11.1 Å². The van der Waals surface area contributed by atoms with E-state index in [4.69, 9.17) is 10.5 Å². The maximum atomic E-state index is 11.7. The minimum atomic E-state index is -0.568. The van der Waals surface area contributed by atoms with E-state index in [0.717, 1.165) is 37.2 Å². The molecule has 6 nitrogen and oxygen atoms in total. The molecule has 1 aromatic heterocycles. The molecule has 22 heavy (non-hydrogen) atoms. The van der Waals surface area contributed by atoms with Gasteiger partial charge in [0.1, 0.15) is 6.04 Å². The van der Waals surface area contributed by atoms with E-state index in [2.05, 4.69) is 10.4 Å². The van der Waals surface area contributed by atoms with Crippen molar-refractivity contribution in [1.82, 2.24) is 9.78 Å². The molecule has 3 rings (SSSR count). The van der Waals surface area contributed by atoms with Gasteiger partial charge in [-0.3, -0.25) is 9.48 Å². The van der Waals surface area contributed by atoms with Gasteiger partial charge in [0.15, 0.2) is 0 Å². The Morgan fingerprint density at radius 2 is 2.27 bits per heavy atom. The Hall–Kier alpha value is -2.34. The van der Waals surface area contributed by atoms with Gasteiger partial charge in [0.05, 0.1) is 24.5 Å². The van der Waals surface area contributed by atoms with Crippen LogP contribution in [0.2, 0.25) is 0 Å². The van der Waals surface area contributed by atoms with Crippen molar-refractivity contribution >= 4 is 11.6 Å². The largest absolute Gasteiger partial charge is 0.376 e. The van der Waals surface area contributed by atoms with E-state index in [0.29, 0.717) is 0 Å². The molecule has 1 fully saturated rings. The molecule has 116 valence electrons. The fraction of sp³-hybridized carbons (Fsp3) is 0.375. The number of carbonyl (C=O) groups excluding carboxylic acids is 1. The maximum absolute atomic E-state index is 11.7. The van der Waals surface area contributed by atoms with Gasteiger partial charge in [0.2, 0.25) is 5.91 Å². The molecule has 2 aromatic rings. The number of amides is 1. The van der Waals surface area contributed by atoms with Crippen molar-refractivity contribution < 1.29 is 9.53 Å². The summed E-state index contributed by atoms with van der Waals surface area (Å²) in [5.74, 6) is -0.418. The van der Waals surface area contributed by atoms with Gasteiger partial charge in [-0.05, 0) is 18.4 Å². The summed E-state index contributed by atoms with van der Waals surface area (Å²) in [7, 11) is 0. The third-order valence-electron chi connectivity index (χ3n) is 3.78. The highest BCUT2D eigenvalue weighted by atomic mass is 16.5. The second kappa shape index (κ2) is 6.62. The zero-order chi connectivity index (χ0) is 15.4. The van der Waals surface area contributed by atoms with Crippen LogP contribution in [-0.2, 0) is 16.1 Å². The van der Waals surface area contributed by atoms with Gasteiger partial charge < -0.3 is 15.8 Å². The van der Waals surface area contributed by atoms with Crippen molar-refractivity contribution in [2.24, 2.45) is 5.73 Å². The van der Waals surface area contributed by atoms with Gasteiger partial charge in [0.25, 0.3) is 0 Å². The molecule has 1 aliphatic rings. The lowest BCUT2D eigenvalue weighted by atomic mass is 10.1. The average Bonchev–Trinajstić information content (AvgIpc) is 3.18. The molecule has 2 heterocycles. The number of nitrogens with one attached hydrogen (secondary N) is 1. The Bertz CT molecular complexity index is 620. The predicted octanol–water partition coefficient (Wildman–Crippen LogP) is 1.70. The van der Waals surface area contributed by atoms with Crippen LogP contribution >= 0.6 is 0 Å². The Morgan fingerprint density at radius 3 is 2.95 bits per heavy atom. The van der Waals surface area contributed by atoms with E-state index in [1.807, 2.05) is 41.2 Å². The molecule has 0 saturated carbocycles. The number of nitrogens with two attached hydrogens (primary N) is 1. The number of carbonyl (C=O) groups is 1. The molecule has 1 saturated heterocycles. The molecular formula is C16H20N4O2. The highest BCUT2D eigenvalue weighted by Crippen LogP contribution is 2.20. The summed E-state index contributed by atoms with van der Waals surface area (Å²) in [6.07, 6.45) is 5.98. The third kappa shape index (κ3) is 3.46. The van der Waals surface area contributed by atoms with Crippen molar-refractivity contribution in [3.05, 3.63) is 48.3 Å². The number of hydrogen-bond acceptors (Lipinski definition) is 4. The lowest BCUT2D eigenvalue weighted by Crippen LogP contribution is -2.27. The lowest BCUT2D eigenvalue weighted by Gasteiger charge is -2.15. The van der Waals surface area contributed by atoms with Gasteiger partial charge in [-0.2, -0.15) is 5.10 Å². The van der Waals surface area contributed by atoms with Crippen molar-refractivity contribution in [3.8, 4) is 0 Å². The van der Waals surface area contributed by atoms with E-state index in [9.17, 15) is 4.79 Å². The van der Waals surface area contributed by atoms with Crippen LogP contribution in [0.15, 0.2) is 42.7 Å². The minimum Gasteiger partial charge on any atom is -0.376 e. The highest BCUT2D eigenvalue weighted by molar-refractivity contribution is 5.84. The number of anilines is 1. The van der Waals surface area contributed by atoms with E-state index in [1.165, 1.54) is 0 Å². The van der Waals surface area contributed by atoms with E-state index >= 15 is 0 Å². The Morgan fingerprint density at radius 1 is 1.45 bits per heavy atom. The molecule has 0 radical (unpaired) electrons. The quantitative estimate of drug-likeness (QED) is 0.850. The summed E-state index contributed by atoms with van der Waals surface area (Å²) in [5, 5.41) is 7.45. The zero-order valence-corrected chi connectivity index (χ0v) is 12.3. The third-order valence-corrected chi connectivity index (χ3v) is 3.78.